The topological polar surface area (TPSA) is 69.7 Å². The summed E-state index contributed by atoms with van der Waals surface area (Å²) in [6.45, 7) is 3.08. The van der Waals surface area contributed by atoms with Crippen LogP contribution in [0.25, 0.3) is 0 Å². The summed E-state index contributed by atoms with van der Waals surface area (Å²) in [4.78, 5) is 10.9. The molecule has 3 heterocycles. The molecule has 0 saturated carbocycles. The number of hydrogen-bond donors (Lipinski definition) is 2. The Balaban J connectivity index is 1.40. The first-order chi connectivity index (χ1) is 9.92. The standard InChI is InChI=1S/C14H20N6/c1-2-7-16-14(3-1)20-9-5-12(6-10-20)15-8-4-13-17-11-18-19-13/h1-3,7,11-12,15H,4-6,8-10H2,(H,17,18,19). The first kappa shape index (κ1) is 13.1. The van der Waals surface area contributed by atoms with Crippen molar-refractivity contribution in [1.82, 2.24) is 25.5 Å². The van der Waals surface area contributed by atoms with Gasteiger partial charge >= 0.3 is 0 Å². The minimum Gasteiger partial charge on any atom is -0.357 e. The maximum absolute atomic E-state index is 4.41. The summed E-state index contributed by atoms with van der Waals surface area (Å²) in [7, 11) is 0. The molecule has 0 atom stereocenters. The van der Waals surface area contributed by atoms with Crippen molar-refractivity contribution in [2.24, 2.45) is 0 Å². The molecule has 3 rings (SSSR count). The molecular formula is C14H20N6. The second-order valence-corrected chi connectivity index (χ2v) is 5.09. The molecular weight excluding hydrogens is 252 g/mol. The van der Waals surface area contributed by atoms with Crippen LogP contribution in [0.3, 0.4) is 0 Å². The molecule has 6 heteroatoms. The maximum Gasteiger partial charge on any atom is 0.137 e. The number of H-pyrrole nitrogens is 1. The van der Waals surface area contributed by atoms with E-state index in [0.29, 0.717) is 6.04 Å². The normalized spacial score (nSPS) is 16.5. The molecule has 1 aliphatic heterocycles. The summed E-state index contributed by atoms with van der Waals surface area (Å²) < 4.78 is 0. The highest BCUT2D eigenvalue weighted by molar-refractivity contribution is 5.38. The molecule has 20 heavy (non-hydrogen) atoms. The molecule has 6 nitrogen and oxygen atoms in total. The van der Waals surface area contributed by atoms with Crippen LogP contribution in [0.1, 0.15) is 18.7 Å². The fourth-order valence-corrected chi connectivity index (χ4v) is 2.60. The zero-order valence-corrected chi connectivity index (χ0v) is 11.5. The van der Waals surface area contributed by atoms with Gasteiger partial charge in [-0.3, -0.25) is 5.10 Å². The number of hydrogen-bond acceptors (Lipinski definition) is 5. The van der Waals surface area contributed by atoms with Crippen molar-refractivity contribution in [3.63, 3.8) is 0 Å². The molecule has 0 spiro atoms. The number of aromatic amines is 1. The van der Waals surface area contributed by atoms with Crippen LogP contribution in [0.15, 0.2) is 30.7 Å². The number of nitrogens with zero attached hydrogens (tertiary/aromatic N) is 4. The third kappa shape index (κ3) is 3.33. The highest BCUT2D eigenvalue weighted by Gasteiger charge is 2.19. The van der Waals surface area contributed by atoms with E-state index in [1.54, 1.807) is 6.33 Å². The quantitative estimate of drug-likeness (QED) is 0.850. The second-order valence-electron chi connectivity index (χ2n) is 5.09. The number of aromatic nitrogens is 4. The maximum atomic E-state index is 4.41. The summed E-state index contributed by atoms with van der Waals surface area (Å²) in [5.41, 5.74) is 0. The van der Waals surface area contributed by atoms with Crippen LogP contribution >= 0.6 is 0 Å². The highest BCUT2D eigenvalue weighted by Crippen LogP contribution is 2.17. The van der Waals surface area contributed by atoms with Crippen molar-refractivity contribution >= 4 is 5.82 Å². The summed E-state index contributed by atoms with van der Waals surface area (Å²) in [5.74, 6) is 2.04. The van der Waals surface area contributed by atoms with E-state index in [-0.39, 0.29) is 0 Å². The van der Waals surface area contributed by atoms with Crippen LogP contribution in [0.2, 0.25) is 0 Å². The number of rotatable bonds is 5. The van der Waals surface area contributed by atoms with Gasteiger partial charge in [-0.1, -0.05) is 6.07 Å². The zero-order valence-electron chi connectivity index (χ0n) is 11.5. The Morgan fingerprint density at radius 3 is 2.85 bits per heavy atom. The monoisotopic (exact) mass is 272 g/mol. The van der Waals surface area contributed by atoms with Crippen molar-refractivity contribution in [1.29, 1.82) is 0 Å². The molecule has 0 amide bonds. The summed E-state index contributed by atoms with van der Waals surface area (Å²) in [6, 6.07) is 6.68. The highest BCUT2D eigenvalue weighted by atomic mass is 15.2. The Bertz CT molecular complexity index is 490. The molecule has 1 fully saturated rings. The molecule has 106 valence electrons. The van der Waals surface area contributed by atoms with Gasteiger partial charge in [0, 0.05) is 38.3 Å². The number of anilines is 1. The van der Waals surface area contributed by atoms with E-state index < -0.39 is 0 Å². The predicted molar refractivity (Wildman–Crippen MR) is 77.6 cm³/mol. The van der Waals surface area contributed by atoms with E-state index in [2.05, 4.69) is 36.4 Å². The van der Waals surface area contributed by atoms with Gasteiger partial charge in [-0.15, -0.1) is 0 Å². The summed E-state index contributed by atoms with van der Waals surface area (Å²) in [5, 5.41) is 10.3. The van der Waals surface area contributed by atoms with Crippen LogP contribution in [0.4, 0.5) is 5.82 Å². The first-order valence-electron chi connectivity index (χ1n) is 7.15. The Hall–Kier alpha value is -1.95. The Kier molecular flexibility index (Phi) is 4.22. The SMILES string of the molecule is c1ccc(N2CCC(NCCc3ncn[nH]3)CC2)nc1. The molecule has 2 aromatic rings. The van der Waals surface area contributed by atoms with Crippen molar-refractivity contribution in [2.45, 2.75) is 25.3 Å². The van der Waals surface area contributed by atoms with E-state index in [9.17, 15) is 0 Å². The summed E-state index contributed by atoms with van der Waals surface area (Å²) in [6.07, 6.45) is 6.64. The van der Waals surface area contributed by atoms with Gasteiger partial charge in [-0.05, 0) is 25.0 Å². The third-order valence-electron chi connectivity index (χ3n) is 3.73. The van der Waals surface area contributed by atoms with Crippen molar-refractivity contribution < 1.29 is 0 Å². The number of nitrogens with one attached hydrogen (secondary N) is 2. The lowest BCUT2D eigenvalue weighted by Crippen LogP contribution is -2.43. The Morgan fingerprint density at radius 1 is 1.25 bits per heavy atom. The van der Waals surface area contributed by atoms with Crippen LogP contribution in [0, 0.1) is 0 Å². The van der Waals surface area contributed by atoms with Crippen LogP contribution < -0.4 is 10.2 Å². The van der Waals surface area contributed by atoms with Crippen LogP contribution in [0.5, 0.6) is 0 Å². The fraction of sp³-hybridized carbons (Fsp3) is 0.500. The van der Waals surface area contributed by atoms with E-state index in [1.165, 1.54) is 0 Å². The first-order valence-corrected chi connectivity index (χ1v) is 7.15. The summed E-state index contributed by atoms with van der Waals surface area (Å²) >= 11 is 0. The van der Waals surface area contributed by atoms with Gasteiger partial charge in [-0.25, -0.2) is 9.97 Å². The molecule has 0 unspecified atom stereocenters. The Morgan fingerprint density at radius 2 is 2.15 bits per heavy atom. The third-order valence-corrected chi connectivity index (χ3v) is 3.73. The fourth-order valence-electron chi connectivity index (χ4n) is 2.60. The van der Waals surface area contributed by atoms with Crippen LogP contribution in [-0.4, -0.2) is 45.8 Å². The molecule has 0 bridgehead atoms. The van der Waals surface area contributed by atoms with E-state index in [0.717, 1.165) is 50.5 Å². The predicted octanol–water partition coefficient (Wildman–Crippen LogP) is 1.00. The lowest BCUT2D eigenvalue weighted by Gasteiger charge is -2.33. The van der Waals surface area contributed by atoms with Crippen molar-refractivity contribution in [3.8, 4) is 0 Å². The molecule has 0 aromatic carbocycles. The molecule has 2 N–H and O–H groups in total. The average Bonchev–Trinajstić information content (AvgIpc) is 3.02. The molecule has 0 aliphatic carbocycles. The van der Waals surface area contributed by atoms with Gasteiger partial charge in [0.05, 0.1) is 0 Å². The number of piperidine rings is 1. The van der Waals surface area contributed by atoms with Gasteiger partial charge < -0.3 is 10.2 Å². The smallest absolute Gasteiger partial charge is 0.137 e. The van der Waals surface area contributed by atoms with Crippen LogP contribution in [-0.2, 0) is 6.42 Å². The van der Waals surface area contributed by atoms with Gasteiger partial charge in [0.2, 0.25) is 0 Å². The molecule has 2 aromatic heterocycles. The largest absolute Gasteiger partial charge is 0.357 e. The van der Waals surface area contributed by atoms with Gasteiger partial charge in [0.15, 0.2) is 0 Å². The van der Waals surface area contributed by atoms with Gasteiger partial charge in [0.1, 0.15) is 18.0 Å². The lowest BCUT2D eigenvalue weighted by atomic mass is 10.0. The number of pyridine rings is 1. The van der Waals surface area contributed by atoms with Gasteiger partial charge in [0.25, 0.3) is 0 Å². The van der Waals surface area contributed by atoms with Gasteiger partial charge in [-0.2, -0.15) is 5.10 Å². The lowest BCUT2D eigenvalue weighted by molar-refractivity contribution is 0.415. The Labute approximate surface area is 118 Å². The van der Waals surface area contributed by atoms with E-state index in [4.69, 9.17) is 0 Å². The average molecular weight is 272 g/mol. The molecule has 1 saturated heterocycles. The second kappa shape index (κ2) is 6.47. The molecule has 1 aliphatic rings. The minimum atomic E-state index is 0.595. The van der Waals surface area contributed by atoms with Crippen molar-refractivity contribution in [3.05, 3.63) is 36.5 Å². The van der Waals surface area contributed by atoms with E-state index >= 15 is 0 Å². The minimum absolute atomic E-state index is 0.595. The molecule has 0 radical (unpaired) electrons. The zero-order chi connectivity index (χ0) is 13.6. The van der Waals surface area contributed by atoms with Crippen molar-refractivity contribution in [2.75, 3.05) is 24.5 Å². The van der Waals surface area contributed by atoms with E-state index in [1.807, 2.05) is 18.3 Å².